The maximum Gasteiger partial charge on any atom is 0.0805 e. The number of hydrogen-bond acceptors (Lipinski definition) is 0. The van der Waals surface area contributed by atoms with Crippen LogP contribution in [0.1, 0.15) is 34.1 Å². The highest BCUT2D eigenvalue weighted by atomic mass is 15.3. The highest BCUT2D eigenvalue weighted by Crippen LogP contribution is 2.09. The van der Waals surface area contributed by atoms with Crippen molar-refractivity contribution >= 4 is 0 Å². The van der Waals surface area contributed by atoms with Gasteiger partial charge in [-0.1, -0.05) is 27.7 Å². The molecule has 0 radical (unpaired) electrons. The fourth-order valence-corrected chi connectivity index (χ4v) is 1.69. The summed E-state index contributed by atoms with van der Waals surface area (Å²) in [7, 11) is 4.67. The maximum absolute atomic E-state index is 2.34. The zero-order valence-corrected chi connectivity index (χ0v) is 9.72. The predicted octanol–water partition coefficient (Wildman–Crippen LogP) is 2.76. The van der Waals surface area contributed by atoms with Crippen molar-refractivity contribution in [3.8, 4) is 0 Å². The lowest BCUT2D eigenvalue weighted by atomic mass is 10.1. The minimum absolute atomic E-state index is 0.812. The van der Waals surface area contributed by atoms with Crippen molar-refractivity contribution in [2.75, 3.05) is 27.2 Å². The molecule has 0 aromatic heterocycles. The van der Waals surface area contributed by atoms with Gasteiger partial charge in [-0.25, -0.2) is 0 Å². The largest absolute Gasteiger partial charge is 0.328 e. The molecular formula is C11H26N+. The predicted molar refractivity (Wildman–Crippen MR) is 56.1 cm³/mol. The molecule has 0 aliphatic heterocycles. The van der Waals surface area contributed by atoms with E-state index >= 15 is 0 Å². The second kappa shape index (κ2) is 4.86. The Hall–Kier alpha value is -0.0400. The van der Waals surface area contributed by atoms with E-state index in [-0.39, 0.29) is 0 Å². The molecule has 12 heavy (non-hydrogen) atoms. The van der Waals surface area contributed by atoms with Crippen LogP contribution in [0.3, 0.4) is 0 Å². The van der Waals surface area contributed by atoms with Gasteiger partial charge in [-0.3, -0.25) is 0 Å². The average Bonchev–Trinajstić information content (AvgIpc) is 1.81. The van der Waals surface area contributed by atoms with Crippen LogP contribution in [0.2, 0.25) is 0 Å². The summed E-state index contributed by atoms with van der Waals surface area (Å²) in [5.74, 6) is 1.65. The molecule has 0 rings (SSSR count). The Morgan fingerprint density at radius 1 is 0.917 bits per heavy atom. The zero-order valence-electron chi connectivity index (χ0n) is 9.72. The van der Waals surface area contributed by atoms with Gasteiger partial charge in [0.2, 0.25) is 0 Å². The fraction of sp³-hybridized carbons (Fsp3) is 1.00. The third-order valence-corrected chi connectivity index (χ3v) is 2.17. The second-order valence-electron chi connectivity index (χ2n) is 5.42. The Balaban J connectivity index is 3.71. The van der Waals surface area contributed by atoms with Gasteiger partial charge in [0.05, 0.1) is 27.2 Å². The van der Waals surface area contributed by atoms with Gasteiger partial charge in [0.25, 0.3) is 0 Å². The molecule has 1 nitrogen and oxygen atoms in total. The van der Waals surface area contributed by atoms with Crippen LogP contribution in [-0.2, 0) is 0 Å². The summed E-state index contributed by atoms with van der Waals surface area (Å²) < 4.78 is 1.18. The number of quaternary nitrogens is 1. The summed E-state index contributed by atoms with van der Waals surface area (Å²) in [6.07, 6.45) is 1.35. The van der Waals surface area contributed by atoms with E-state index in [0.717, 1.165) is 11.8 Å². The average molecular weight is 172 g/mol. The number of hydrogen-bond donors (Lipinski definition) is 0. The highest BCUT2D eigenvalue weighted by Gasteiger charge is 2.16. The molecule has 0 aromatic carbocycles. The van der Waals surface area contributed by atoms with E-state index in [9.17, 15) is 0 Å². The van der Waals surface area contributed by atoms with Crippen molar-refractivity contribution in [1.29, 1.82) is 0 Å². The minimum Gasteiger partial charge on any atom is -0.328 e. The van der Waals surface area contributed by atoms with Crippen LogP contribution in [-0.4, -0.2) is 31.7 Å². The Morgan fingerprint density at radius 3 is 1.75 bits per heavy atom. The van der Waals surface area contributed by atoms with E-state index in [1.807, 2.05) is 0 Å². The van der Waals surface area contributed by atoms with Gasteiger partial charge in [-0.2, -0.15) is 0 Å². The molecule has 0 saturated carbocycles. The van der Waals surface area contributed by atoms with E-state index in [0.29, 0.717) is 0 Å². The molecule has 0 aliphatic carbocycles. The molecule has 0 unspecified atom stereocenters. The van der Waals surface area contributed by atoms with E-state index in [1.165, 1.54) is 24.0 Å². The molecule has 0 aliphatic rings. The van der Waals surface area contributed by atoms with Crippen LogP contribution in [0.5, 0.6) is 0 Å². The van der Waals surface area contributed by atoms with Crippen molar-refractivity contribution in [2.45, 2.75) is 34.1 Å². The lowest BCUT2D eigenvalue weighted by molar-refractivity contribution is -0.893. The summed E-state index contributed by atoms with van der Waals surface area (Å²) in [6.45, 7) is 11.8. The smallest absolute Gasteiger partial charge is 0.0805 e. The van der Waals surface area contributed by atoms with Gasteiger partial charge < -0.3 is 4.48 Å². The van der Waals surface area contributed by atoms with Crippen molar-refractivity contribution in [3.05, 3.63) is 0 Å². The van der Waals surface area contributed by atoms with Gasteiger partial charge in [-0.15, -0.1) is 0 Å². The first kappa shape index (κ1) is 12.0. The third-order valence-electron chi connectivity index (χ3n) is 2.17. The van der Waals surface area contributed by atoms with Crippen LogP contribution >= 0.6 is 0 Å². The molecule has 0 bridgehead atoms. The first-order chi connectivity index (χ1) is 5.33. The Bertz CT molecular complexity index is 114. The van der Waals surface area contributed by atoms with Gasteiger partial charge in [0.15, 0.2) is 0 Å². The summed E-state index contributed by atoms with van der Waals surface area (Å²) in [6, 6.07) is 0. The molecule has 1 heteroatoms. The van der Waals surface area contributed by atoms with Crippen LogP contribution in [0, 0.1) is 11.8 Å². The van der Waals surface area contributed by atoms with Crippen LogP contribution in [0.15, 0.2) is 0 Å². The summed E-state index contributed by atoms with van der Waals surface area (Å²) in [5, 5.41) is 0. The standard InChI is InChI=1S/C11H26N/c1-10(2)7-8-12(5,6)9-11(3)4/h10-11H,7-9H2,1-6H3/q+1. The quantitative estimate of drug-likeness (QED) is 0.559. The first-order valence-corrected chi connectivity index (χ1v) is 5.15. The van der Waals surface area contributed by atoms with Gasteiger partial charge in [-0.05, 0) is 12.3 Å². The molecule has 0 fully saturated rings. The number of rotatable bonds is 5. The molecule has 0 N–H and O–H groups in total. The fourth-order valence-electron chi connectivity index (χ4n) is 1.69. The van der Waals surface area contributed by atoms with E-state index in [4.69, 9.17) is 0 Å². The van der Waals surface area contributed by atoms with Crippen molar-refractivity contribution in [3.63, 3.8) is 0 Å². The van der Waals surface area contributed by atoms with Crippen LogP contribution < -0.4 is 0 Å². The molecule has 0 heterocycles. The molecule has 0 saturated heterocycles. The Labute approximate surface area is 78.4 Å². The molecule has 0 spiro atoms. The Kier molecular flexibility index (Phi) is 4.84. The Morgan fingerprint density at radius 2 is 1.42 bits per heavy atom. The molecule has 0 amide bonds. The van der Waals surface area contributed by atoms with Crippen LogP contribution in [0.25, 0.3) is 0 Å². The van der Waals surface area contributed by atoms with Crippen molar-refractivity contribution in [2.24, 2.45) is 11.8 Å². The van der Waals surface area contributed by atoms with E-state index in [1.54, 1.807) is 0 Å². The maximum atomic E-state index is 2.34. The summed E-state index contributed by atoms with van der Waals surface area (Å²) in [4.78, 5) is 0. The highest BCUT2D eigenvalue weighted by molar-refractivity contribution is 4.46. The normalized spacial score (nSPS) is 13.0. The first-order valence-electron chi connectivity index (χ1n) is 5.15. The van der Waals surface area contributed by atoms with Crippen LogP contribution in [0.4, 0.5) is 0 Å². The van der Waals surface area contributed by atoms with E-state index < -0.39 is 0 Å². The second-order valence-corrected chi connectivity index (χ2v) is 5.42. The summed E-state index contributed by atoms with van der Waals surface area (Å²) in [5.41, 5.74) is 0. The van der Waals surface area contributed by atoms with Gasteiger partial charge >= 0.3 is 0 Å². The summed E-state index contributed by atoms with van der Waals surface area (Å²) >= 11 is 0. The zero-order chi connectivity index (χ0) is 9.78. The number of nitrogens with zero attached hydrogens (tertiary/aromatic N) is 1. The van der Waals surface area contributed by atoms with Gasteiger partial charge in [0, 0.05) is 5.92 Å². The lowest BCUT2D eigenvalue weighted by Crippen LogP contribution is -2.43. The SMILES string of the molecule is CC(C)CC[N+](C)(C)CC(C)C. The minimum atomic E-state index is 0.812. The monoisotopic (exact) mass is 172 g/mol. The van der Waals surface area contributed by atoms with Gasteiger partial charge in [0.1, 0.15) is 0 Å². The van der Waals surface area contributed by atoms with Crippen molar-refractivity contribution in [1.82, 2.24) is 0 Å². The van der Waals surface area contributed by atoms with Crippen molar-refractivity contribution < 1.29 is 4.48 Å². The molecule has 74 valence electrons. The third kappa shape index (κ3) is 6.66. The topological polar surface area (TPSA) is 0 Å². The lowest BCUT2D eigenvalue weighted by Gasteiger charge is -2.32. The van der Waals surface area contributed by atoms with E-state index in [2.05, 4.69) is 41.8 Å². The molecule has 0 aromatic rings. The molecular weight excluding hydrogens is 146 g/mol. The molecule has 0 atom stereocenters.